The Hall–Kier alpha value is -1.63. The van der Waals surface area contributed by atoms with Crippen molar-refractivity contribution in [1.82, 2.24) is 20.0 Å². The smallest absolute Gasteiger partial charge is 0.254 e. The van der Waals surface area contributed by atoms with Gasteiger partial charge in [-0.3, -0.25) is 9.69 Å². The van der Waals surface area contributed by atoms with Crippen LogP contribution in [0.15, 0.2) is 22.6 Å². The Bertz CT molecular complexity index is 691. The third kappa shape index (κ3) is 4.02. The molecule has 0 radical (unpaired) electrons. The van der Waals surface area contributed by atoms with Gasteiger partial charge in [-0.1, -0.05) is 23.2 Å². The highest BCUT2D eigenvalue weighted by Crippen LogP contribution is 2.21. The monoisotopic (exact) mass is 354 g/mol. The average Bonchev–Trinajstić information content (AvgIpc) is 2.91. The zero-order chi connectivity index (χ0) is 16.4. The summed E-state index contributed by atoms with van der Waals surface area (Å²) < 4.78 is 5.38. The van der Waals surface area contributed by atoms with Crippen LogP contribution in [0.3, 0.4) is 0 Å². The van der Waals surface area contributed by atoms with Crippen LogP contribution in [-0.4, -0.2) is 52.1 Å². The summed E-state index contributed by atoms with van der Waals surface area (Å²) in [5, 5.41) is 8.74. The summed E-state index contributed by atoms with van der Waals surface area (Å²) >= 11 is 11.9. The fourth-order valence-corrected chi connectivity index (χ4v) is 3.09. The number of amides is 1. The molecule has 1 aromatic heterocycles. The predicted molar refractivity (Wildman–Crippen MR) is 86.7 cm³/mol. The highest BCUT2D eigenvalue weighted by atomic mass is 35.5. The van der Waals surface area contributed by atoms with Crippen molar-refractivity contribution in [3.05, 3.63) is 45.6 Å². The van der Waals surface area contributed by atoms with Crippen LogP contribution in [0.2, 0.25) is 10.0 Å². The molecule has 0 N–H and O–H groups in total. The maximum Gasteiger partial charge on any atom is 0.254 e. The number of rotatable bonds is 3. The maximum atomic E-state index is 12.5. The number of halogens is 2. The van der Waals surface area contributed by atoms with E-state index in [9.17, 15) is 4.79 Å². The highest BCUT2D eigenvalue weighted by Gasteiger charge is 2.23. The van der Waals surface area contributed by atoms with Crippen molar-refractivity contribution in [3.63, 3.8) is 0 Å². The molecule has 8 heteroatoms. The van der Waals surface area contributed by atoms with E-state index in [1.807, 2.05) is 0 Å². The summed E-state index contributed by atoms with van der Waals surface area (Å²) in [4.78, 5) is 16.5. The Morgan fingerprint density at radius 2 is 1.78 bits per heavy atom. The lowest BCUT2D eigenvalue weighted by atomic mass is 10.2. The standard InChI is InChI=1S/C15H16Cl2N4O2/c1-10-18-19-14(23-10)9-20-2-4-21(5-3-20)15(22)11-6-12(16)8-13(17)7-11/h6-8H,2-5,9H2,1H3. The van der Waals surface area contributed by atoms with E-state index in [1.165, 1.54) is 0 Å². The summed E-state index contributed by atoms with van der Waals surface area (Å²) in [5.74, 6) is 1.11. The molecule has 0 unspecified atom stereocenters. The van der Waals surface area contributed by atoms with Gasteiger partial charge in [0.2, 0.25) is 11.8 Å². The molecule has 1 aliphatic rings. The Balaban J connectivity index is 1.58. The van der Waals surface area contributed by atoms with Crippen LogP contribution in [0, 0.1) is 6.92 Å². The highest BCUT2D eigenvalue weighted by molar-refractivity contribution is 6.35. The van der Waals surface area contributed by atoms with Gasteiger partial charge in [-0.25, -0.2) is 0 Å². The van der Waals surface area contributed by atoms with E-state index in [0.29, 0.717) is 47.0 Å². The molecule has 0 aliphatic carbocycles. The van der Waals surface area contributed by atoms with E-state index >= 15 is 0 Å². The van der Waals surface area contributed by atoms with Crippen LogP contribution in [0.5, 0.6) is 0 Å². The number of hydrogen-bond acceptors (Lipinski definition) is 5. The van der Waals surface area contributed by atoms with Gasteiger partial charge in [-0.15, -0.1) is 10.2 Å². The minimum atomic E-state index is -0.0531. The molecule has 1 fully saturated rings. The Kier molecular flexibility index (Phi) is 4.84. The van der Waals surface area contributed by atoms with Crippen molar-refractivity contribution in [2.24, 2.45) is 0 Å². The van der Waals surface area contributed by atoms with Gasteiger partial charge in [0.15, 0.2) is 0 Å². The lowest BCUT2D eigenvalue weighted by molar-refractivity contribution is 0.0617. The summed E-state index contributed by atoms with van der Waals surface area (Å²) in [5.41, 5.74) is 0.517. The van der Waals surface area contributed by atoms with Crippen molar-refractivity contribution in [1.29, 1.82) is 0 Å². The third-order valence-corrected chi connectivity index (χ3v) is 4.13. The number of carbonyl (C=O) groups is 1. The molecule has 0 atom stereocenters. The van der Waals surface area contributed by atoms with E-state index in [4.69, 9.17) is 27.6 Å². The number of hydrogen-bond donors (Lipinski definition) is 0. The van der Waals surface area contributed by atoms with Gasteiger partial charge in [0, 0.05) is 48.7 Å². The number of carbonyl (C=O) groups excluding carboxylic acids is 1. The second-order valence-corrected chi connectivity index (χ2v) is 6.31. The van der Waals surface area contributed by atoms with E-state index in [2.05, 4.69) is 15.1 Å². The van der Waals surface area contributed by atoms with Gasteiger partial charge in [0.25, 0.3) is 5.91 Å². The van der Waals surface area contributed by atoms with Crippen LogP contribution in [0.25, 0.3) is 0 Å². The van der Waals surface area contributed by atoms with Crippen molar-refractivity contribution >= 4 is 29.1 Å². The molecule has 122 valence electrons. The molecular weight excluding hydrogens is 339 g/mol. The molecule has 1 aromatic carbocycles. The molecule has 2 aromatic rings. The first kappa shape index (κ1) is 16.2. The van der Waals surface area contributed by atoms with Gasteiger partial charge in [0.1, 0.15) is 0 Å². The fraction of sp³-hybridized carbons (Fsp3) is 0.400. The fourth-order valence-electron chi connectivity index (χ4n) is 2.56. The largest absolute Gasteiger partial charge is 0.424 e. The van der Waals surface area contributed by atoms with E-state index in [-0.39, 0.29) is 5.91 Å². The molecule has 6 nitrogen and oxygen atoms in total. The molecular formula is C15H16Cl2N4O2. The zero-order valence-electron chi connectivity index (χ0n) is 12.6. The topological polar surface area (TPSA) is 62.5 Å². The minimum absolute atomic E-state index is 0.0531. The van der Waals surface area contributed by atoms with Crippen molar-refractivity contribution in [2.45, 2.75) is 13.5 Å². The number of aromatic nitrogens is 2. The zero-order valence-corrected chi connectivity index (χ0v) is 14.1. The Labute approximate surface area is 144 Å². The summed E-state index contributed by atoms with van der Waals surface area (Å²) in [6.45, 7) is 5.14. The molecule has 1 aliphatic heterocycles. The Morgan fingerprint density at radius 3 is 2.35 bits per heavy atom. The Morgan fingerprint density at radius 1 is 1.13 bits per heavy atom. The normalized spacial score (nSPS) is 15.9. The molecule has 1 saturated heterocycles. The van der Waals surface area contributed by atoms with Crippen LogP contribution >= 0.6 is 23.2 Å². The number of benzene rings is 1. The number of piperazine rings is 1. The summed E-state index contributed by atoms with van der Waals surface area (Å²) in [6, 6.07) is 4.90. The molecule has 1 amide bonds. The van der Waals surface area contributed by atoms with Crippen LogP contribution in [0.4, 0.5) is 0 Å². The molecule has 0 saturated carbocycles. The van der Waals surface area contributed by atoms with Gasteiger partial charge in [0.05, 0.1) is 6.54 Å². The number of aryl methyl sites for hydroxylation is 1. The molecule has 3 rings (SSSR count). The van der Waals surface area contributed by atoms with Gasteiger partial charge in [-0.2, -0.15) is 0 Å². The molecule has 23 heavy (non-hydrogen) atoms. The first-order valence-electron chi connectivity index (χ1n) is 7.28. The lowest BCUT2D eigenvalue weighted by Gasteiger charge is -2.34. The van der Waals surface area contributed by atoms with Gasteiger partial charge < -0.3 is 9.32 Å². The summed E-state index contributed by atoms with van der Waals surface area (Å²) in [6.07, 6.45) is 0. The van der Waals surface area contributed by atoms with Crippen LogP contribution < -0.4 is 0 Å². The quantitative estimate of drug-likeness (QED) is 0.847. The van der Waals surface area contributed by atoms with E-state index in [1.54, 1.807) is 30.0 Å². The van der Waals surface area contributed by atoms with Crippen LogP contribution in [-0.2, 0) is 6.54 Å². The predicted octanol–water partition coefficient (Wildman–Crippen LogP) is 2.64. The third-order valence-electron chi connectivity index (χ3n) is 3.70. The summed E-state index contributed by atoms with van der Waals surface area (Å²) in [7, 11) is 0. The maximum absolute atomic E-state index is 12.5. The molecule has 0 spiro atoms. The van der Waals surface area contributed by atoms with E-state index in [0.717, 1.165) is 13.1 Å². The van der Waals surface area contributed by atoms with Crippen LogP contribution in [0.1, 0.15) is 22.1 Å². The lowest BCUT2D eigenvalue weighted by Crippen LogP contribution is -2.48. The first-order chi connectivity index (χ1) is 11.0. The molecule has 0 bridgehead atoms. The average molecular weight is 355 g/mol. The minimum Gasteiger partial charge on any atom is -0.424 e. The second kappa shape index (κ2) is 6.86. The molecule has 2 heterocycles. The number of nitrogens with zero attached hydrogens (tertiary/aromatic N) is 4. The van der Waals surface area contributed by atoms with Gasteiger partial charge in [-0.05, 0) is 18.2 Å². The van der Waals surface area contributed by atoms with E-state index < -0.39 is 0 Å². The van der Waals surface area contributed by atoms with Crippen molar-refractivity contribution < 1.29 is 9.21 Å². The SMILES string of the molecule is Cc1nnc(CN2CCN(C(=O)c3cc(Cl)cc(Cl)c3)CC2)o1. The van der Waals surface area contributed by atoms with Gasteiger partial charge >= 0.3 is 0 Å². The van der Waals surface area contributed by atoms with Crippen molar-refractivity contribution in [2.75, 3.05) is 26.2 Å². The second-order valence-electron chi connectivity index (χ2n) is 5.44. The van der Waals surface area contributed by atoms with Crippen molar-refractivity contribution in [3.8, 4) is 0 Å². The first-order valence-corrected chi connectivity index (χ1v) is 8.03.